The molecule has 1 N–H and O–H groups in total. The number of hydrogen-bond acceptors (Lipinski definition) is 6. The fourth-order valence-corrected chi connectivity index (χ4v) is 4.77. The number of nitrogens with zero attached hydrogens (tertiary/aromatic N) is 4. The highest BCUT2D eigenvalue weighted by molar-refractivity contribution is 6.36. The predicted molar refractivity (Wildman–Crippen MR) is 125 cm³/mol. The molecule has 0 spiro atoms. The fourth-order valence-electron chi connectivity index (χ4n) is 4.28. The average Bonchev–Trinajstić information content (AvgIpc) is 3.26. The van der Waals surface area contributed by atoms with Gasteiger partial charge < -0.3 is 14.7 Å². The largest absolute Gasteiger partial charge is 0.338 e. The predicted octanol–water partition coefficient (Wildman–Crippen LogP) is 4.24. The fraction of sp³-hybridized carbons (Fsp3) is 0.304. The lowest BCUT2D eigenvalue weighted by molar-refractivity contribution is -0.126. The van der Waals surface area contributed by atoms with E-state index in [-0.39, 0.29) is 24.3 Å². The van der Waals surface area contributed by atoms with Gasteiger partial charge in [0, 0.05) is 16.5 Å². The molecule has 0 atom stereocenters. The van der Waals surface area contributed by atoms with Gasteiger partial charge in [-0.25, -0.2) is 0 Å². The van der Waals surface area contributed by atoms with Crippen molar-refractivity contribution in [3.05, 3.63) is 58.4 Å². The van der Waals surface area contributed by atoms with Crippen LogP contribution in [0.5, 0.6) is 0 Å². The van der Waals surface area contributed by atoms with Gasteiger partial charge in [-0.15, -0.1) is 0 Å². The summed E-state index contributed by atoms with van der Waals surface area (Å²) in [6, 6.07) is 12.5. The van der Waals surface area contributed by atoms with E-state index in [2.05, 4.69) is 20.4 Å². The van der Waals surface area contributed by atoms with Crippen LogP contribution in [0, 0.1) is 5.92 Å². The van der Waals surface area contributed by atoms with Gasteiger partial charge >= 0.3 is 0 Å². The summed E-state index contributed by atoms with van der Waals surface area (Å²) in [6.45, 7) is 1.98. The Hall–Kier alpha value is -2.94. The Morgan fingerprint density at radius 1 is 1.15 bits per heavy atom. The first-order chi connectivity index (χ1) is 16.0. The van der Waals surface area contributed by atoms with Crippen LogP contribution in [0.3, 0.4) is 0 Å². The lowest BCUT2D eigenvalue weighted by Gasteiger charge is -2.35. The Morgan fingerprint density at radius 2 is 1.94 bits per heavy atom. The van der Waals surface area contributed by atoms with Gasteiger partial charge in [0.25, 0.3) is 0 Å². The normalized spacial score (nSPS) is 17.0. The molecule has 0 saturated carbocycles. The molecule has 2 amide bonds. The molecule has 3 aromatic rings. The summed E-state index contributed by atoms with van der Waals surface area (Å²) in [4.78, 5) is 33.5. The van der Waals surface area contributed by atoms with Gasteiger partial charge in [0.2, 0.25) is 23.5 Å². The van der Waals surface area contributed by atoms with E-state index in [1.54, 1.807) is 23.1 Å². The van der Waals surface area contributed by atoms with Crippen LogP contribution in [-0.2, 0) is 16.1 Å². The molecule has 0 bridgehead atoms. The molecule has 2 aromatic carbocycles. The summed E-state index contributed by atoms with van der Waals surface area (Å²) in [5.41, 5.74) is 2.09. The van der Waals surface area contributed by atoms with Crippen LogP contribution in [0.4, 0.5) is 11.4 Å². The van der Waals surface area contributed by atoms with Crippen molar-refractivity contribution < 1.29 is 14.1 Å². The number of nitrogens with one attached hydrogen (secondary N) is 1. The maximum Gasteiger partial charge on any atom is 0.244 e. The molecule has 2 aliphatic heterocycles. The Morgan fingerprint density at radius 3 is 2.73 bits per heavy atom. The summed E-state index contributed by atoms with van der Waals surface area (Å²) in [5.74, 6) is 0.592. The molecular formula is C23H21Cl2N5O3. The Balaban J connectivity index is 1.20. The van der Waals surface area contributed by atoms with Crippen molar-refractivity contribution in [1.82, 2.24) is 15.0 Å². The van der Waals surface area contributed by atoms with Crippen molar-refractivity contribution >= 4 is 46.4 Å². The molecule has 8 nitrogen and oxygen atoms in total. The van der Waals surface area contributed by atoms with Gasteiger partial charge in [-0.1, -0.05) is 40.5 Å². The monoisotopic (exact) mass is 485 g/mol. The van der Waals surface area contributed by atoms with Crippen LogP contribution in [0.1, 0.15) is 18.7 Å². The Bertz CT molecular complexity index is 1210. The zero-order chi connectivity index (χ0) is 22.9. The summed E-state index contributed by atoms with van der Waals surface area (Å²) >= 11 is 12.2. The zero-order valence-electron chi connectivity index (χ0n) is 17.6. The number of hydrogen-bond donors (Lipinski definition) is 1. The molecule has 2 aliphatic rings. The lowest BCUT2D eigenvalue weighted by atomic mass is 9.94. The second-order valence-electron chi connectivity index (χ2n) is 8.18. The van der Waals surface area contributed by atoms with E-state index in [1.807, 2.05) is 24.3 Å². The summed E-state index contributed by atoms with van der Waals surface area (Å²) in [6.07, 6.45) is 1.40. The van der Waals surface area contributed by atoms with Gasteiger partial charge in [0.05, 0.1) is 22.9 Å². The lowest BCUT2D eigenvalue weighted by Crippen LogP contribution is -2.47. The van der Waals surface area contributed by atoms with Crippen molar-refractivity contribution in [3.8, 4) is 11.4 Å². The standard InChI is InChI=1S/C23H21Cl2N5O3/c24-15-5-6-16(17(25)11-15)22-27-21(33-28-22)13-29-9-7-14(8-10-29)23(32)30-12-20(31)26-18-3-1-2-4-19(18)30/h1-6,11,14H,7-10,12-13H2,(H,26,31). The molecule has 0 unspecified atom stereocenters. The van der Waals surface area contributed by atoms with Crippen LogP contribution < -0.4 is 10.2 Å². The van der Waals surface area contributed by atoms with Crippen molar-refractivity contribution in [2.45, 2.75) is 19.4 Å². The van der Waals surface area contributed by atoms with E-state index >= 15 is 0 Å². The topological polar surface area (TPSA) is 91.6 Å². The van der Waals surface area contributed by atoms with E-state index in [0.29, 0.717) is 52.4 Å². The first kappa shape index (κ1) is 21.9. The average molecular weight is 486 g/mol. The number of para-hydroxylation sites is 2. The van der Waals surface area contributed by atoms with Crippen LogP contribution in [-0.4, -0.2) is 46.5 Å². The first-order valence-corrected chi connectivity index (χ1v) is 11.4. The van der Waals surface area contributed by atoms with Crippen LogP contribution in [0.25, 0.3) is 11.4 Å². The molecule has 10 heteroatoms. The molecule has 3 heterocycles. The van der Waals surface area contributed by atoms with Gasteiger partial charge in [-0.2, -0.15) is 4.98 Å². The highest BCUT2D eigenvalue weighted by Crippen LogP contribution is 2.32. The summed E-state index contributed by atoms with van der Waals surface area (Å²) in [7, 11) is 0. The highest BCUT2D eigenvalue weighted by atomic mass is 35.5. The maximum atomic E-state index is 13.2. The number of carbonyl (C=O) groups excluding carboxylic acids is 2. The van der Waals surface area contributed by atoms with E-state index in [9.17, 15) is 9.59 Å². The molecule has 1 fully saturated rings. The zero-order valence-corrected chi connectivity index (χ0v) is 19.1. The summed E-state index contributed by atoms with van der Waals surface area (Å²) < 4.78 is 5.41. The van der Waals surface area contributed by atoms with Crippen LogP contribution in [0.2, 0.25) is 10.0 Å². The molecular weight excluding hydrogens is 465 g/mol. The first-order valence-electron chi connectivity index (χ1n) is 10.7. The van der Waals surface area contributed by atoms with Crippen molar-refractivity contribution in [1.29, 1.82) is 0 Å². The van der Waals surface area contributed by atoms with Gasteiger partial charge in [-0.05, 0) is 56.3 Å². The number of halogens is 2. The molecule has 0 radical (unpaired) electrons. The van der Waals surface area contributed by atoms with Gasteiger partial charge in [0.15, 0.2) is 0 Å². The molecule has 1 aromatic heterocycles. The third-order valence-corrected chi connectivity index (χ3v) is 6.52. The number of rotatable bonds is 4. The number of aromatic nitrogens is 2. The molecule has 170 valence electrons. The summed E-state index contributed by atoms with van der Waals surface area (Å²) in [5, 5.41) is 7.86. The Labute approximate surface area is 200 Å². The number of carbonyl (C=O) groups is 2. The molecule has 5 rings (SSSR count). The van der Waals surface area contributed by atoms with E-state index in [4.69, 9.17) is 27.7 Å². The van der Waals surface area contributed by atoms with Crippen LogP contribution >= 0.6 is 23.2 Å². The minimum Gasteiger partial charge on any atom is -0.338 e. The number of likely N-dealkylation sites (tertiary alicyclic amines) is 1. The van der Waals surface area contributed by atoms with Gasteiger partial charge in [-0.3, -0.25) is 14.5 Å². The SMILES string of the molecule is O=C1CN(C(=O)C2CCN(Cc3nc(-c4ccc(Cl)cc4Cl)no3)CC2)c2ccccc2N1. The maximum absolute atomic E-state index is 13.2. The smallest absolute Gasteiger partial charge is 0.244 e. The Kier molecular flexibility index (Phi) is 6.05. The number of amides is 2. The van der Waals surface area contributed by atoms with Crippen LogP contribution in [0.15, 0.2) is 47.0 Å². The number of piperidine rings is 1. The van der Waals surface area contributed by atoms with E-state index in [0.717, 1.165) is 18.8 Å². The molecule has 1 saturated heterocycles. The van der Waals surface area contributed by atoms with Crippen molar-refractivity contribution in [2.75, 3.05) is 29.9 Å². The highest BCUT2D eigenvalue weighted by Gasteiger charge is 2.33. The van der Waals surface area contributed by atoms with E-state index in [1.165, 1.54) is 0 Å². The third-order valence-electron chi connectivity index (χ3n) is 5.97. The number of anilines is 2. The minimum atomic E-state index is -0.174. The molecule has 0 aliphatic carbocycles. The number of fused-ring (bicyclic) bond motifs is 1. The van der Waals surface area contributed by atoms with Crippen molar-refractivity contribution in [3.63, 3.8) is 0 Å². The number of benzene rings is 2. The van der Waals surface area contributed by atoms with Crippen molar-refractivity contribution in [2.24, 2.45) is 5.92 Å². The third kappa shape index (κ3) is 4.59. The van der Waals surface area contributed by atoms with Gasteiger partial charge in [0.1, 0.15) is 6.54 Å². The molecule has 33 heavy (non-hydrogen) atoms. The second-order valence-corrected chi connectivity index (χ2v) is 9.02. The second kappa shape index (κ2) is 9.13. The minimum absolute atomic E-state index is 0.00518. The quantitative estimate of drug-likeness (QED) is 0.593. The van der Waals surface area contributed by atoms with E-state index < -0.39 is 0 Å².